The van der Waals surface area contributed by atoms with Gasteiger partial charge in [0, 0.05) is 17.3 Å². The van der Waals surface area contributed by atoms with Crippen LogP contribution in [0.3, 0.4) is 0 Å². The van der Waals surface area contributed by atoms with E-state index in [4.69, 9.17) is 0 Å². The van der Waals surface area contributed by atoms with Crippen molar-refractivity contribution in [3.8, 4) is 0 Å². The zero-order valence-corrected chi connectivity index (χ0v) is 15.2. The zero-order valence-electron chi connectivity index (χ0n) is 15.2. The maximum absolute atomic E-state index is 12.5. The molecule has 3 N–H and O–H groups in total. The van der Waals surface area contributed by atoms with E-state index >= 15 is 0 Å². The maximum atomic E-state index is 12.5. The molecule has 2 bridgehead atoms. The van der Waals surface area contributed by atoms with Crippen molar-refractivity contribution in [3.63, 3.8) is 0 Å². The van der Waals surface area contributed by atoms with Gasteiger partial charge < -0.3 is 15.3 Å². The van der Waals surface area contributed by atoms with Crippen molar-refractivity contribution in [2.24, 2.45) is 34.0 Å². The lowest BCUT2D eigenvalue weighted by molar-refractivity contribution is -0.275. The van der Waals surface area contributed by atoms with E-state index in [1.165, 1.54) is 0 Å². The highest BCUT2D eigenvalue weighted by atomic mass is 16.3. The van der Waals surface area contributed by atoms with Gasteiger partial charge in [-0.15, -0.1) is 0 Å². The normalized spacial score (nSPS) is 55.8. The lowest BCUT2D eigenvalue weighted by Gasteiger charge is -2.70. The number of Topliss-reactive ketones (excluding diaryl/α,β-unsaturated/α-hetero) is 1. The van der Waals surface area contributed by atoms with Crippen LogP contribution in [0.1, 0.15) is 65.7 Å². The highest BCUT2D eigenvalue weighted by molar-refractivity contribution is 5.85. The smallest absolute Gasteiger partial charge is 0.138 e. The van der Waals surface area contributed by atoms with Crippen LogP contribution in [0.15, 0.2) is 0 Å². The third kappa shape index (κ3) is 1.83. The molecule has 0 aromatic heterocycles. The fraction of sp³-hybridized carbons (Fsp3) is 0.950. The van der Waals surface area contributed by atoms with Crippen LogP contribution >= 0.6 is 0 Å². The summed E-state index contributed by atoms with van der Waals surface area (Å²) in [6.45, 7) is 6.35. The van der Waals surface area contributed by atoms with Crippen molar-refractivity contribution in [2.45, 2.75) is 77.4 Å². The maximum Gasteiger partial charge on any atom is 0.138 e. The van der Waals surface area contributed by atoms with Gasteiger partial charge in [0.1, 0.15) is 5.78 Å². The molecule has 136 valence electrons. The van der Waals surface area contributed by atoms with Gasteiger partial charge in [0.25, 0.3) is 0 Å². The van der Waals surface area contributed by atoms with Crippen molar-refractivity contribution in [2.75, 3.05) is 6.61 Å². The van der Waals surface area contributed by atoms with Gasteiger partial charge in [-0.1, -0.05) is 20.8 Å². The van der Waals surface area contributed by atoms with E-state index < -0.39 is 5.60 Å². The molecule has 0 saturated heterocycles. The average Bonchev–Trinajstić information content (AvgIpc) is 2.52. The summed E-state index contributed by atoms with van der Waals surface area (Å²) in [5.74, 6) is 1.06. The predicted octanol–water partition coefficient (Wildman–Crippen LogP) is 2.29. The Morgan fingerprint density at radius 2 is 1.83 bits per heavy atom. The Kier molecular flexibility index (Phi) is 3.42. The molecule has 1 spiro atoms. The number of carbonyl (C=O) groups is 1. The van der Waals surface area contributed by atoms with E-state index in [-0.39, 0.29) is 34.9 Å². The van der Waals surface area contributed by atoms with Crippen LogP contribution < -0.4 is 0 Å². The summed E-state index contributed by atoms with van der Waals surface area (Å²) >= 11 is 0. The second-order valence-corrected chi connectivity index (χ2v) is 10.2. The molecule has 0 heterocycles. The van der Waals surface area contributed by atoms with Crippen molar-refractivity contribution in [1.82, 2.24) is 0 Å². The summed E-state index contributed by atoms with van der Waals surface area (Å²) in [6.07, 6.45) is 4.97. The van der Waals surface area contributed by atoms with Crippen LogP contribution in [-0.4, -0.2) is 39.4 Å². The molecule has 4 nitrogen and oxygen atoms in total. The summed E-state index contributed by atoms with van der Waals surface area (Å²) in [5, 5.41) is 31.7. The molecule has 5 fully saturated rings. The lowest BCUT2D eigenvalue weighted by atomic mass is 9.35. The molecule has 0 radical (unpaired) electrons. The van der Waals surface area contributed by atoms with E-state index in [0.717, 1.165) is 25.7 Å². The SMILES string of the molecule is CC1(C)C(=O)CC[C@]2(C)[C@@H]1CC[C@@]13C[C@](O)(CO)[C@@H](CC1O)C[C@H]32. The van der Waals surface area contributed by atoms with Crippen molar-refractivity contribution in [3.05, 3.63) is 0 Å². The van der Waals surface area contributed by atoms with Gasteiger partial charge in [-0.3, -0.25) is 4.79 Å². The molecule has 7 atom stereocenters. The fourth-order valence-corrected chi connectivity index (χ4v) is 7.70. The summed E-state index contributed by atoms with van der Waals surface area (Å²) in [6, 6.07) is 0. The molecule has 5 saturated carbocycles. The third-order valence-corrected chi connectivity index (χ3v) is 9.03. The Balaban J connectivity index is 1.77. The highest BCUT2D eigenvalue weighted by Gasteiger charge is 2.70. The Morgan fingerprint density at radius 1 is 1.12 bits per heavy atom. The zero-order chi connectivity index (χ0) is 17.5. The molecule has 1 unspecified atom stereocenters. The molecular formula is C20H32O4. The molecule has 0 aromatic carbocycles. The van der Waals surface area contributed by atoms with Crippen LogP contribution in [0.2, 0.25) is 0 Å². The second kappa shape index (κ2) is 4.83. The topological polar surface area (TPSA) is 77.8 Å². The van der Waals surface area contributed by atoms with Crippen LogP contribution in [0.25, 0.3) is 0 Å². The Bertz CT molecular complexity index is 572. The number of hydrogen-bond donors (Lipinski definition) is 3. The Morgan fingerprint density at radius 3 is 2.50 bits per heavy atom. The molecule has 0 aliphatic heterocycles. The van der Waals surface area contributed by atoms with Gasteiger partial charge in [0.05, 0.1) is 18.3 Å². The van der Waals surface area contributed by atoms with Crippen LogP contribution in [0.5, 0.6) is 0 Å². The number of fused-ring (bicyclic) bond motifs is 3. The van der Waals surface area contributed by atoms with Crippen LogP contribution in [0, 0.1) is 34.0 Å². The quantitative estimate of drug-likeness (QED) is 0.686. The molecule has 4 heteroatoms. The Labute approximate surface area is 144 Å². The molecule has 5 aliphatic carbocycles. The molecule has 0 aromatic rings. The van der Waals surface area contributed by atoms with E-state index in [0.29, 0.717) is 36.9 Å². The van der Waals surface area contributed by atoms with Crippen LogP contribution in [-0.2, 0) is 4.79 Å². The third-order valence-electron chi connectivity index (χ3n) is 9.03. The minimum absolute atomic E-state index is 0.0271. The van der Waals surface area contributed by atoms with Gasteiger partial charge in [-0.05, 0) is 61.7 Å². The minimum Gasteiger partial charge on any atom is -0.393 e. The average molecular weight is 336 g/mol. The van der Waals surface area contributed by atoms with Crippen molar-refractivity contribution < 1.29 is 20.1 Å². The molecular weight excluding hydrogens is 304 g/mol. The molecule has 0 amide bonds. The van der Waals surface area contributed by atoms with E-state index in [1.54, 1.807) is 0 Å². The summed E-state index contributed by atoms with van der Waals surface area (Å²) in [5.41, 5.74) is -1.55. The van der Waals surface area contributed by atoms with Gasteiger partial charge in [-0.2, -0.15) is 0 Å². The molecule has 5 rings (SSSR count). The first kappa shape index (κ1) is 17.0. The standard InChI is InChI=1S/C20H32O4/c1-17(2)13-4-7-19-10-20(24,11-21)12(9-16(19)23)8-14(19)18(13,3)6-5-15(17)22/h12-14,16,21,23-24H,4-11H2,1-3H3/t12-,13-,14+,16?,18-,19+,20+/m1/s1. The number of carbonyl (C=O) groups excluding carboxylic acids is 1. The second-order valence-electron chi connectivity index (χ2n) is 10.2. The monoisotopic (exact) mass is 336 g/mol. The lowest BCUT2D eigenvalue weighted by Crippen LogP contribution is -2.70. The predicted molar refractivity (Wildman–Crippen MR) is 90.2 cm³/mol. The van der Waals surface area contributed by atoms with E-state index in [2.05, 4.69) is 20.8 Å². The Hall–Kier alpha value is -0.450. The first-order chi connectivity index (χ1) is 11.1. The van der Waals surface area contributed by atoms with Gasteiger partial charge >= 0.3 is 0 Å². The highest BCUT2D eigenvalue weighted by Crippen LogP contribution is 2.72. The van der Waals surface area contributed by atoms with E-state index in [9.17, 15) is 20.1 Å². The summed E-state index contributed by atoms with van der Waals surface area (Å²) < 4.78 is 0. The number of aliphatic hydroxyl groups is 3. The number of hydrogen-bond acceptors (Lipinski definition) is 4. The number of rotatable bonds is 1. The van der Waals surface area contributed by atoms with E-state index in [1.807, 2.05) is 0 Å². The first-order valence-electron chi connectivity index (χ1n) is 9.65. The molecule has 5 aliphatic rings. The first-order valence-corrected chi connectivity index (χ1v) is 9.65. The van der Waals surface area contributed by atoms with Gasteiger partial charge in [-0.25, -0.2) is 0 Å². The molecule has 24 heavy (non-hydrogen) atoms. The fourth-order valence-electron chi connectivity index (χ4n) is 7.70. The van der Waals surface area contributed by atoms with Gasteiger partial charge in [0.2, 0.25) is 0 Å². The summed E-state index contributed by atoms with van der Waals surface area (Å²) in [7, 11) is 0. The largest absolute Gasteiger partial charge is 0.393 e. The van der Waals surface area contributed by atoms with Crippen molar-refractivity contribution in [1.29, 1.82) is 0 Å². The number of aliphatic hydroxyl groups excluding tert-OH is 2. The van der Waals surface area contributed by atoms with Crippen LogP contribution in [0.4, 0.5) is 0 Å². The minimum atomic E-state index is -1.03. The number of ketones is 1. The summed E-state index contributed by atoms with van der Waals surface area (Å²) in [4.78, 5) is 12.5. The van der Waals surface area contributed by atoms with Crippen molar-refractivity contribution >= 4 is 5.78 Å². The van der Waals surface area contributed by atoms with Gasteiger partial charge in [0.15, 0.2) is 0 Å².